The number of rotatable bonds is 7. The van der Waals surface area contributed by atoms with Gasteiger partial charge in [-0.25, -0.2) is 12.7 Å². The second-order valence-electron chi connectivity index (χ2n) is 6.57. The summed E-state index contributed by atoms with van der Waals surface area (Å²) in [6.45, 7) is 3.39. The van der Waals surface area contributed by atoms with Crippen molar-refractivity contribution in [2.45, 2.75) is 25.6 Å². The van der Waals surface area contributed by atoms with Crippen LogP contribution >= 0.6 is 35.7 Å². The summed E-state index contributed by atoms with van der Waals surface area (Å²) in [7, 11) is -3.33. The van der Waals surface area contributed by atoms with E-state index in [9.17, 15) is 21.6 Å². The van der Waals surface area contributed by atoms with Crippen LogP contribution in [0.5, 0.6) is 0 Å². The summed E-state index contributed by atoms with van der Waals surface area (Å²) in [6, 6.07) is -0.138. The number of alkyl halides is 3. The lowest BCUT2D eigenvalue weighted by molar-refractivity contribution is -0.143. The van der Waals surface area contributed by atoms with Gasteiger partial charge in [-0.3, -0.25) is 9.89 Å². The van der Waals surface area contributed by atoms with Crippen LogP contribution in [0.1, 0.15) is 13.3 Å². The van der Waals surface area contributed by atoms with Crippen molar-refractivity contribution in [1.82, 2.24) is 19.8 Å². The fraction of sp³-hybridized carbons (Fsp3) is 0.933. The van der Waals surface area contributed by atoms with E-state index in [1.165, 1.54) is 9.21 Å². The molecule has 166 valence electrons. The maximum Gasteiger partial charge on any atom is 0.401 e. The van der Waals surface area contributed by atoms with Crippen LogP contribution in [-0.4, -0.2) is 98.9 Å². The number of guanidine groups is 1. The standard InChI is InChI=1S/C15H28F3N5O2S2.HI/c1-2-19-14(21-13-3-5-22(11-13)12-15(16,17)18)20-4-10-27(24,25)23-6-8-26-9-7-23;/h13H,2-12H2,1H3,(H2,19,20,21);1H. The van der Waals surface area contributed by atoms with Crippen LogP contribution in [0.4, 0.5) is 13.2 Å². The Labute approximate surface area is 186 Å². The highest BCUT2D eigenvalue weighted by Gasteiger charge is 2.34. The average Bonchev–Trinajstić information content (AvgIpc) is 3.00. The normalized spacial score (nSPS) is 22.7. The summed E-state index contributed by atoms with van der Waals surface area (Å²) in [5.41, 5.74) is 0. The minimum Gasteiger partial charge on any atom is -0.357 e. The third kappa shape index (κ3) is 9.22. The highest BCUT2D eigenvalue weighted by Crippen LogP contribution is 2.20. The van der Waals surface area contributed by atoms with Gasteiger partial charge >= 0.3 is 6.18 Å². The number of nitrogens with one attached hydrogen (secondary N) is 2. The van der Waals surface area contributed by atoms with E-state index < -0.39 is 22.7 Å². The van der Waals surface area contributed by atoms with Crippen molar-refractivity contribution in [2.24, 2.45) is 4.99 Å². The maximum absolute atomic E-state index is 12.5. The minimum atomic E-state index is -4.20. The molecule has 0 spiro atoms. The first-order valence-electron chi connectivity index (χ1n) is 9.09. The molecular weight excluding hydrogens is 530 g/mol. The number of hydrogen-bond donors (Lipinski definition) is 2. The number of thioether (sulfide) groups is 1. The lowest BCUT2D eigenvalue weighted by atomic mass is 10.3. The quantitative estimate of drug-likeness (QED) is 0.277. The fourth-order valence-electron chi connectivity index (χ4n) is 3.09. The maximum atomic E-state index is 12.5. The molecule has 7 nitrogen and oxygen atoms in total. The van der Waals surface area contributed by atoms with Crippen LogP contribution < -0.4 is 10.6 Å². The molecule has 0 aromatic rings. The monoisotopic (exact) mass is 559 g/mol. The van der Waals surface area contributed by atoms with Crippen molar-refractivity contribution in [3.8, 4) is 0 Å². The van der Waals surface area contributed by atoms with Gasteiger partial charge in [-0.2, -0.15) is 24.9 Å². The van der Waals surface area contributed by atoms with Crippen LogP contribution in [0.25, 0.3) is 0 Å². The van der Waals surface area contributed by atoms with Gasteiger partial charge in [0, 0.05) is 50.3 Å². The molecule has 13 heteroatoms. The number of halogens is 4. The van der Waals surface area contributed by atoms with Gasteiger partial charge in [-0.1, -0.05) is 0 Å². The van der Waals surface area contributed by atoms with E-state index in [2.05, 4.69) is 15.6 Å². The molecule has 2 aliphatic rings. The SMILES string of the molecule is CCNC(=NCCS(=O)(=O)N1CCSCC1)NC1CCN(CC(F)(F)F)C1.I. The fourth-order valence-corrected chi connectivity index (χ4v) is 5.54. The number of likely N-dealkylation sites (tertiary alicyclic amines) is 1. The van der Waals surface area contributed by atoms with E-state index in [4.69, 9.17) is 0 Å². The first-order valence-corrected chi connectivity index (χ1v) is 11.9. The van der Waals surface area contributed by atoms with Gasteiger partial charge in [-0.15, -0.1) is 24.0 Å². The number of hydrogen-bond acceptors (Lipinski definition) is 5. The Kier molecular flexibility index (Phi) is 11.2. The van der Waals surface area contributed by atoms with Gasteiger partial charge < -0.3 is 10.6 Å². The van der Waals surface area contributed by atoms with Gasteiger partial charge in [0.15, 0.2) is 5.96 Å². The van der Waals surface area contributed by atoms with E-state index in [-0.39, 0.29) is 48.9 Å². The van der Waals surface area contributed by atoms with Gasteiger partial charge in [0.2, 0.25) is 10.0 Å². The molecule has 28 heavy (non-hydrogen) atoms. The highest BCUT2D eigenvalue weighted by atomic mass is 127. The van der Waals surface area contributed by atoms with Crippen molar-refractivity contribution in [2.75, 3.05) is 63.1 Å². The van der Waals surface area contributed by atoms with Gasteiger partial charge in [0.25, 0.3) is 0 Å². The third-order valence-corrected chi connectivity index (χ3v) is 7.14. The van der Waals surface area contributed by atoms with Crippen LogP contribution in [0.15, 0.2) is 4.99 Å². The molecule has 2 N–H and O–H groups in total. The zero-order chi connectivity index (χ0) is 19.9. The van der Waals surface area contributed by atoms with Crippen molar-refractivity contribution in [3.63, 3.8) is 0 Å². The summed E-state index contributed by atoms with van der Waals surface area (Å²) < 4.78 is 63.7. The average molecular weight is 559 g/mol. The molecule has 2 heterocycles. The Morgan fingerprint density at radius 3 is 2.54 bits per heavy atom. The van der Waals surface area contributed by atoms with Crippen molar-refractivity contribution < 1.29 is 21.6 Å². The molecule has 0 aromatic carbocycles. The van der Waals surface area contributed by atoms with E-state index >= 15 is 0 Å². The minimum absolute atomic E-state index is 0. The van der Waals surface area contributed by atoms with E-state index in [0.717, 1.165) is 11.5 Å². The molecule has 0 amide bonds. The number of nitrogens with zero attached hydrogens (tertiary/aromatic N) is 3. The first kappa shape index (κ1) is 26.0. The zero-order valence-corrected chi connectivity index (χ0v) is 19.8. The Morgan fingerprint density at radius 1 is 1.25 bits per heavy atom. The lowest BCUT2D eigenvalue weighted by Crippen LogP contribution is -2.45. The molecule has 1 unspecified atom stereocenters. The van der Waals surface area contributed by atoms with Crippen molar-refractivity contribution in [3.05, 3.63) is 0 Å². The summed E-state index contributed by atoms with van der Waals surface area (Å²) in [5, 5.41) is 6.14. The Morgan fingerprint density at radius 2 is 1.93 bits per heavy atom. The van der Waals surface area contributed by atoms with Crippen molar-refractivity contribution >= 4 is 51.7 Å². The van der Waals surface area contributed by atoms with E-state index in [0.29, 0.717) is 38.6 Å². The lowest BCUT2D eigenvalue weighted by Gasteiger charge is -2.25. The van der Waals surface area contributed by atoms with E-state index in [1.807, 2.05) is 6.92 Å². The molecule has 0 aliphatic carbocycles. The second kappa shape index (κ2) is 12.0. The Bertz CT molecular complexity index is 601. The molecule has 0 saturated carbocycles. The van der Waals surface area contributed by atoms with Crippen molar-refractivity contribution in [1.29, 1.82) is 0 Å². The number of aliphatic imine (C=N–C) groups is 1. The van der Waals surface area contributed by atoms with Crippen LogP contribution in [-0.2, 0) is 10.0 Å². The third-order valence-electron chi connectivity index (χ3n) is 4.34. The van der Waals surface area contributed by atoms with Gasteiger partial charge in [-0.05, 0) is 13.3 Å². The molecule has 2 aliphatic heterocycles. The van der Waals surface area contributed by atoms with Crippen LogP contribution in [0.3, 0.4) is 0 Å². The Hall–Kier alpha value is 0.01000. The largest absolute Gasteiger partial charge is 0.401 e. The summed E-state index contributed by atoms with van der Waals surface area (Å²) in [6.07, 6.45) is -3.61. The van der Waals surface area contributed by atoms with Crippen LogP contribution in [0.2, 0.25) is 0 Å². The smallest absolute Gasteiger partial charge is 0.357 e. The van der Waals surface area contributed by atoms with Gasteiger partial charge in [0.1, 0.15) is 0 Å². The van der Waals surface area contributed by atoms with E-state index in [1.54, 1.807) is 11.8 Å². The second-order valence-corrected chi connectivity index (χ2v) is 9.88. The Balaban J connectivity index is 0.00000392. The molecule has 0 aromatic heterocycles. The zero-order valence-electron chi connectivity index (χ0n) is 15.9. The number of sulfonamides is 1. The highest BCUT2D eigenvalue weighted by molar-refractivity contribution is 14.0. The molecule has 2 rings (SSSR count). The van der Waals surface area contributed by atoms with Gasteiger partial charge in [0.05, 0.1) is 18.8 Å². The molecule has 0 bridgehead atoms. The predicted molar refractivity (Wildman–Crippen MR) is 118 cm³/mol. The molecular formula is C15H29F3IN5O2S2. The summed E-state index contributed by atoms with van der Waals surface area (Å²) >= 11 is 1.74. The molecule has 1 atom stereocenters. The van der Waals surface area contributed by atoms with Crippen LogP contribution in [0, 0.1) is 0 Å². The predicted octanol–water partition coefficient (Wildman–Crippen LogP) is 1.17. The summed E-state index contributed by atoms with van der Waals surface area (Å²) in [5.74, 6) is 1.99. The first-order chi connectivity index (χ1) is 12.7. The molecule has 2 saturated heterocycles. The summed E-state index contributed by atoms with van der Waals surface area (Å²) in [4.78, 5) is 5.66. The topological polar surface area (TPSA) is 77.0 Å². The molecule has 0 radical (unpaired) electrons. The molecule has 2 fully saturated rings.